The molecule has 0 fully saturated rings. The third-order valence-corrected chi connectivity index (χ3v) is 3.02. The van der Waals surface area contributed by atoms with Gasteiger partial charge in [-0.05, 0) is 18.2 Å². The summed E-state index contributed by atoms with van der Waals surface area (Å²) < 4.78 is 10.4. The summed E-state index contributed by atoms with van der Waals surface area (Å²) in [6.07, 6.45) is 0.327. The van der Waals surface area contributed by atoms with Crippen molar-refractivity contribution in [1.29, 1.82) is 0 Å². The molecule has 1 aromatic carbocycles. The number of rotatable bonds is 11. The second-order valence-electron chi connectivity index (χ2n) is 5.12. The van der Waals surface area contributed by atoms with Crippen LogP contribution in [0.5, 0.6) is 5.75 Å². The summed E-state index contributed by atoms with van der Waals surface area (Å²) >= 11 is 0. The Morgan fingerprint density at radius 2 is 1.84 bits per heavy atom. The SMILES string of the molecule is C=CC(=O)CC(CC(O)COc1ccccc1)OC(=O)C=CC(=O)O. The van der Waals surface area contributed by atoms with Crippen LogP contribution in [0.4, 0.5) is 0 Å². The summed E-state index contributed by atoms with van der Waals surface area (Å²) in [6.45, 7) is 3.29. The van der Waals surface area contributed by atoms with E-state index < -0.39 is 24.1 Å². The molecular weight excluding hydrogens is 328 g/mol. The fourth-order valence-electron chi connectivity index (χ4n) is 1.90. The van der Waals surface area contributed by atoms with E-state index in [1.807, 2.05) is 6.07 Å². The molecule has 0 aliphatic rings. The van der Waals surface area contributed by atoms with E-state index in [4.69, 9.17) is 14.6 Å². The Hall–Kier alpha value is -2.93. The summed E-state index contributed by atoms with van der Waals surface area (Å²) in [5.74, 6) is -2.01. The quantitative estimate of drug-likeness (QED) is 0.461. The number of ketones is 1. The second kappa shape index (κ2) is 10.8. The maximum Gasteiger partial charge on any atom is 0.331 e. The molecule has 7 heteroatoms. The van der Waals surface area contributed by atoms with Crippen LogP contribution in [-0.4, -0.2) is 46.7 Å². The molecule has 134 valence electrons. The Balaban J connectivity index is 2.59. The molecule has 0 spiro atoms. The van der Waals surface area contributed by atoms with E-state index in [9.17, 15) is 19.5 Å². The summed E-state index contributed by atoms with van der Waals surface area (Å²) in [5, 5.41) is 18.5. The van der Waals surface area contributed by atoms with Gasteiger partial charge in [-0.25, -0.2) is 9.59 Å². The van der Waals surface area contributed by atoms with Crippen molar-refractivity contribution < 1.29 is 34.1 Å². The first-order valence-electron chi connectivity index (χ1n) is 7.53. The minimum atomic E-state index is -1.30. The molecule has 0 aliphatic heterocycles. The van der Waals surface area contributed by atoms with Gasteiger partial charge in [-0.2, -0.15) is 0 Å². The molecule has 2 N–H and O–H groups in total. The van der Waals surface area contributed by atoms with Crippen LogP contribution in [-0.2, 0) is 19.1 Å². The first kappa shape index (κ1) is 20.1. The van der Waals surface area contributed by atoms with Crippen LogP contribution in [0.2, 0.25) is 0 Å². The van der Waals surface area contributed by atoms with Gasteiger partial charge in [-0.1, -0.05) is 24.8 Å². The maximum atomic E-state index is 11.6. The van der Waals surface area contributed by atoms with Crippen molar-refractivity contribution >= 4 is 17.7 Å². The Bertz CT molecular complexity index is 622. The van der Waals surface area contributed by atoms with E-state index in [2.05, 4.69) is 6.58 Å². The van der Waals surface area contributed by atoms with Gasteiger partial charge in [0.15, 0.2) is 5.78 Å². The predicted molar refractivity (Wildman–Crippen MR) is 89.0 cm³/mol. The number of allylic oxidation sites excluding steroid dienone is 1. The van der Waals surface area contributed by atoms with E-state index in [0.717, 1.165) is 12.2 Å². The lowest BCUT2D eigenvalue weighted by molar-refractivity contribution is -0.146. The Morgan fingerprint density at radius 1 is 1.16 bits per heavy atom. The number of hydrogen-bond acceptors (Lipinski definition) is 6. The summed E-state index contributed by atoms with van der Waals surface area (Å²) in [6, 6.07) is 8.84. The number of aliphatic carboxylic acids is 1. The van der Waals surface area contributed by atoms with Gasteiger partial charge in [0.2, 0.25) is 0 Å². The van der Waals surface area contributed by atoms with Gasteiger partial charge in [0.1, 0.15) is 18.5 Å². The van der Waals surface area contributed by atoms with Gasteiger partial charge >= 0.3 is 11.9 Å². The summed E-state index contributed by atoms with van der Waals surface area (Å²) in [7, 11) is 0. The number of aliphatic hydroxyl groups is 1. The largest absolute Gasteiger partial charge is 0.491 e. The average Bonchev–Trinajstić information content (AvgIpc) is 2.58. The highest BCUT2D eigenvalue weighted by molar-refractivity contribution is 5.92. The molecule has 0 aliphatic carbocycles. The minimum Gasteiger partial charge on any atom is -0.491 e. The standard InChI is InChI=1S/C18H20O7/c1-2-13(19)10-16(25-18(23)9-8-17(21)22)11-14(20)12-24-15-6-4-3-5-7-15/h2-9,14,16,20H,1,10-12H2,(H,21,22). The zero-order valence-corrected chi connectivity index (χ0v) is 13.5. The van der Waals surface area contributed by atoms with Gasteiger partial charge in [0.05, 0.1) is 6.10 Å². The van der Waals surface area contributed by atoms with Crippen LogP contribution in [0.1, 0.15) is 12.8 Å². The van der Waals surface area contributed by atoms with Gasteiger partial charge in [-0.3, -0.25) is 4.79 Å². The topological polar surface area (TPSA) is 110 Å². The van der Waals surface area contributed by atoms with Crippen molar-refractivity contribution in [3.63, 3.8) is 0 Å². The number of carboxylic acid groups (broad SMARTS) is 1. The van der Waals surface area contributed by atoms with Crippen molar-refractivity contribution in [1.82, 2.24) is 0 Å². The van der Waals surface area contributed by atoms with Crippen molar-refractivity contribution in [2.75, 3.05) is 6.61 Å². The first-order chi connectivity index (χ1) is 11.9. The molecule has 25 heavy (non-hydrogen) atoms. The molecule has 1 rings (SSSR count). The average molecular weight is 348 g/mol. The number of ether oxygens (including phenoxy) is 2. The van der Waals surface area contributed by atoms with Crippen molar-refractivity contribution in [3.05, 3.63) is 55.1 Å². The van der Waals surface area contributed by atoms with Gasteiger partial charge in [0.25, 0.3) is 0 Å². The predicted octanol–water partition coefficient (Wildman–Crippen LogP) is 1.51. The van der Waals surface area contributed by atoms with Gasteiger partial charge < -0.3 is 19.7 Å². The number of benzene rings is 1. The number of esters is 1. The van der Waals surface area contributed by atoms with Gasteiger partial charge in [0, 0.05) is 25.0 Å². The van der Waals surface area contributed by atoms with Gasteiger partial charge in [-0.15, -0.1) is 0 Å². The minimum absolute atomic E-state index is 0.0426. The zero-order valence-electron chi connectivity index (χ0n) is 13.5. The highest BCUT2D eigenvalue weighted by Crippen LogP contribution is 2.13. The normalized spacial score (nSPS) is 13.0. The monoisotopic (exact) mass is 348 g/mol. The highest BCUT2D eigenvalue weighted by Gasteiger charge is 2.21. The maximum absolute atomic E-state index is 11.6. The zero-order chi connectivity index (χ0) is 18.7. The van der Waals surface area contributed by atoms with Crippen LogP contribution >= 0.6 is 0 Å². The molecule has 0 saturated heterocycles. The lowest BCUT2D eigenvalue weighted by Gasteiger charge is -2.19. The van der Waals surface area contributed by atoms with Crippen LogP contribution in [0.3, 0.4) is 0 Å². The Kier molecular flexibility index (Phi) is 8.67. The lowest BCUT2D eigenvalue weighted by atomic mass is 10.1. The highest BCUT2D eigenvalue weighted by atomic mass is 16.5. The molecular formula is C18H20O7. The van der Waals surface area contributed by atoms with E-state index >= 15 is 0 Å². The second-order valence-corrected chi connectivity index (χ2v) is 5.12. The Morgan fingerprint density at radius 3 is 2.44 bits per heavy atom. The van der Waals surface area contributed by atoms with E-state index in [0.29, 0.717) is 11.8 Å². The number of para-hydroxylation sites is 1. The molecule has 0 bridgehead atoms. The molecule has 0 saturated carbocycles. The molecule has 7 nitrogen and oxygen atoms in total. The number of carbonyl (C=O) groups excluding carboxylic acids is 2. The molecule has 2 unspecified atom stereocenters. The Labute approximate surface area is 145 Å². The van der Waals surface area contributed by atoms with E-state index in [1.165, 1.54) is 0 Å². The fourth-order valence-corrected chi connectivity index (χ4v) is 1.90. The number of hydrogen-bond donors (Lipinski definition) is 2. The smallest absolute Gasteiger partial charge is 0.331 e. The molecule has 1 aromatic rings. The van der Waals surface area contributed by atoms with Crippen LogP contribution in [0, 0.1) is 0 Å². The van der Waals surface area contributed by atoms with Crippen molar-refractivity contribution in [2.24, 2.45) is 0 Å². The summed E-state index contributed by atoms with van der Waals surface area (Å²) in [5.41, 5.74) is 0. The first-order valence-corrected chi connectivity index (χ1v) is 7.53. The molecule has 0 heterocycles. The molecule has 2 atom stereocenters. The molecule has 0 aromatic heterocycles. The summed E-state index contributed by atoms with van der Waals surface area (Å²) in [4.78, 5) is 33.5. The number of carboxylic acids is 1. The molecule has 0 amide bonds. The van der Waals surface area contributed by atoms with Crippen LogP contribution in [0.25, 0.3) is 0 Å². The lowest BCUT2D eigenvalue weighted by Crippen LogP contribution is -2.28. The third-order valence-electron chi connectivity index (χ3n) is 3.02. The van der Waals surface area contributed by atoms with Crippen molar-refractivity contribution in [2.45, 2.75) is 25.0 Å². The number of carbonyl (C=O) groups is 3. The fraction of sp³-hybridized carbons (Fsp3) is 0.278. The van der Waals surface area contributed by atoms with Crippen LogP contribution in [0.15, 0.2) is 55.1 Å². The third kappa shape index (κ3) is 9.07. The number of aliphatic hydroxyl groups excluding tert-OH is 1. The van der Waals surface area contributed by atoms with E-state index in [-0.39, 0.29) is 25.2 Å². The molecule has 0 radical (unpaired) electrons. The van der Waals surface area contributed by atoms with Crippen molar-refractivity contribution in [3.8, 4) is 5.75 Å². The van der Waals surface area contributed by atoms with E-state index in [1.54, 1.807) is 24.3 Å². The van der Waals surface area contributed by atoms with Crippen LogP contribution < -0.4 is 4.74 Å².